The molecule has 0 aromatic carbocycles. The van der Waals surface area contributed by atoms with Crippen LogP contribution in [-0.4, -0.2) is 68.5 Å². The van der Waals surface area contributed by atoms with Gasteiger partial charge in [0.15, 0.2) is 15.1 Å². The first-order valence-electron chi connectivity index (χ1n) is 14.5. The van der Waals surface area contributed by atoms with E-state index in [1.165, 1.54) is 0 Å². The molecule has 15 heteroatoms. The first-order chi connectivity index (χ1) is 20.1. The number of hydrogen-bond acceptors (Lipinski definition) is 12. The minimum absolute atomic E-state index is 0.102. The molecule has 0 aliphatic carbocycles. The van der Waals surface area contributed by atoms with Gasteiger partial charge in [0.1, 0.15) is 11.7 Å². The van der Waals surface area contributed by atoms with Crippen molar-refractivity contribution in [3.8, 4) is 0 Å². The molecule has 28 heavy (non-hydrogen) atoms. The van der Waals surface area contributed by atoms with E-state index in [4.69, 9.17) is 23.5 Å². The van der Waals surface area contributed by atoms with E-state index in [1.54, 1.807) is 0 Å². The Morgan fingerprint density at radius 1 is 1.71 bits per heavy atom. The highest BCUT2D eigenvalue weighted by atomic mass is 32.2. The van der Waals surface area contributed by atoms with Crippen molar-refractivity contribution in [3.05, 3.63) is 11.1 Å². The zero-order valence-electron chi connectivity index (χ0n) is 29.8. The van der Waals surface area contributed by atoms with Gasteiger partial charge in [-0.1, -0.05) is 5.16 Å². The number of nitrogens with two attached hydrogens (primary N) is 1. The Morgan fingerprint density at radius 2 is 2.50 bits per heavy atom. The third kappa shape index (κ3) is 4.20. The molecule has 0 radical (unpaired) electrons. The molecule has 1 saturated heterocycles. The van der Waals surface area contributed by atoms with Crippen LogP contribution in [0.2, 0.25) is 4.24 Å². The summed E-state index contributed by atoms with van der Waals surface area (Å²) < 4.78 is 155. The third-order valence-electron chi connectivity index (χ3n) is 2.69. The van der Waals surface area contributed by atoms with Crippen LogP contribution in [0.15, 0.2) is 10.5 Å². The monoisotopic (exact) mass is 452 g/mol. The molecule has 1 fully saturated rings. The zero-order chi connectivity index (χ0) is 35.5. The van der Waals surface area contributed by atoms with Gasteiger partial charge in [-0.05, 0) is 20.6 Å². The summed E-state index contributed by atoms with van der Waals surface area (Å²) in [6, 6.07) is -8.29. The van der Waals surface area contributed by atoms with E-state index in [1.807, 2.05) is 0 Å². The first kappa shape index (κ1) is 7.92. The van der Waals surface area contributed by atoms with E-state index < -0.39 is 97.8 Å². The van der Waals surface area contributed by atoms with Crippen molar-refractivity contribution in [1.29, 1.82) is 2.86 Å². The van der Waals surface area contributed by atoms with Gasteiger partial charge in [0.25, 0.3) is 13.2 Å². The van der Waals surface area contributed by atoms with Crippen molar-refractivity contribution in [2.24, 2.45) is 5.16 Å². The largest absolute Gasteiger partial charge is 0.478 e. The van der Waals surface area contributed by atoms with Crippen LogP contribution in [0.5, 0.6) is 0 Å². The predicted octanol–water partition coefficient (Wildman–Crippen LogP) is -1.17. The number of anilines is 1. The Hall–Kier alpha value is -2.78. The van der Waals surface area contributed by atoms with Crippen LogP contribution in [0.3, 0.4) is 0 Å². The van der Waals surface area contributed by atoms with Crippen LogP contribution in [0.25, 0.3) is 2.86 Å². The summed E-state index contributed by atoms with van der Waals surface area (Å²) >= 11 is 0.102. The fourth-order valence-electron chi connectivity index (χ4n) is 1.48. The summed E-state index contributed by atoms with van der Waals surface area (Å²) in [6.45, 7) is -12.3. The molecule has 0 spiro atoms. The molecule has 1 aliphatic rings. The van der Waals surface area contributed by atoms with Gasteiger partial charge < -0.3 is 21.0 Å². The molecule has 2 rings (SSSR count). The lowest BCUT2D eigenvalue weighted by atomic mass is 10.0. The highest BCUT2D eigenvalue weighted by molar-refractivity contribution is 7.84. The first-order valence-corrected chi connectivity index (χ1v) is 8.51. The number of β-lactam (4-membered cyclic amide) rings is 1. The number of aromatic nitrogens is 1. The summed E-state index contributed by atoms with van der Waals surface area (Å²) in [5.41, 5.74) is -7.53. The maximum absolute atomic E-state index is 13.5. The molecule has 2 atom stereocenters. The number of carbonyl (C=O) groups excluding carboxylic acids is 2. The molecule has 13 nitrogen and oxygen atoms in total. The minimum Gasteiger partial charge on any atom is -0.478 e. The number of thiazole rings is 1. The lowest BCUT2D eigenvalue weighted by Crippen LogP contribution is -2.71. The van der Waals surface area contributed by atoms with Gasteiger partial charge in [-0.2, -0.15) is 8.42 Å². The number of nitrogens with one attached hydrogen (secondary N) is 1. The van der Waals surface area contributed by atoms with E-state index in [9.17, 15) is 22.8 Å². The highest BCUT2D eigenvalue weighted by Gasteiger charge is 2.51. The molecule has 0 unspecified atom stereocenters. The molecular formula is C13H17N5O8S2. The second-order valence-electron chi connectivity index (χ2n) is 4.59. The van der Waals surface area contributed by atoms with Gasteiger partial charge in [-0.25, -0.2) is 14.1 Å². The molecule has 1 aromatic rings. The van der Waals surface area contributed by atoms with Gasteiger partial charge in [-0.15, -0.1) is 11.3 Å². The third-order valence-corrected chi connectivity index (χ3v) is 4.05. The number of carboxylic acids is 1. The summed E-state index contributed by atoms with van der Waals surface area (Å²) in [5.74, 6) is -7.17. The second-order valence-corrected chi connectivity index (χ2v) is 6.58. The summed E-state index contributed by atoms with van der Waals surface area (Å²) in [6.07, 6.45) is 0. The van der Waals surface area contributed by atoms with Crippen molar-refractivity contribution in [2.75, 3.05) is 5.72 Å². The molecular weight excluding hydrogens is 418 g/mol. The van der Waals surface area contributed by atoms with Crippen LogP contribution in [0.4, 0.5) is 5.13 Å². The quantitative estimate of drug-likeness (QED) is 0.153. The number of aliphatic carboxylic acids is 1. The van der Waals surface area contributed by atoms with Crippen molar-refractivity contribution in [1.82, 2.24) is 14.6 Å². The molecule has 0 bridgehead atoms. The lowest BCUT2D eigenvalue weighted by molar-refractivity contribution is -0.161. The van der Waals surface area contributed by atoms with Gasteiger partial charge in [0, 0.05) is 17.7 Å². The van der Waals surface area contributed by atoms with Gasteiger partial charge in [-0.3, -0.25) is 14.1 Å². The Morgan fingerprint density at radius 3 is 3.07 bits per heavy atom. The van der Waals surface area contributed by atoms with Gasteiger partial charge in [0.05, 0.1) is 10.1 Å². The average molecular weight is 453 g/mol. The lowest BCUT2D eigenvalue weighted by Gasteiger charge is -2.42. The number of carboxylic acid groups (broad SMARTS) is 1. The average Bonchev–Trinajstić information content (AvgIpc) is 3.28. The van der Waals surface area contributed by atoms with E-state index in [0.29, 0.717) is 0 Å². The maximum atomic E-state index is 13.5. The van der Waals surface area contributed by atoms with Crippen molar-refractivity contribution < 1.29 is 58.0 Å². The standard InChI is InChI=1S/C13H17N5O8S2/c1-5-7(10(20)18(5)28(23,24)25)16-9(19)8(6-4-27-12(14)15-6)17-26-13(2,3)11(21)22/h4-5,7H,1-3H3,(H2,14,15)(H,16,19)(H,21,22)(H,23,24,25)/b17-8-/t5-,7-/m0/s1/i1D3,2D3,3D3,4D,5D,7D/hD5. The smallest absolute Gasteiger partial charge is 0.362 e. The van der Waals surface area contributed by atoms with E-state index in [0.717, 1.165) is 0 Å². The zero-order valence-corrected chi connectivity index (χ0v) is 14.5. The normalized spacial score (nSPS) is 35.6. The molecule has 2 amide bonds. The fraction of sp³-hybridized carbons (Fsp3) is 0.462. The summed E-state index contributed by atoms with van der Waals surface area (Å²) in [5, 5.41) is 3.61. The highest BCUT2D eigenvalue weighted by Crippen LogP contribution is 2.23. The maximum Gasteiger partial charge on any atom is 0.362 e. The van der Waals surface area contributed by atoms with Crippen LogP contribution in [0, 0.1) is 0 Å². The van der Waals surface area contributed by atoms with Gasteiger partial charge >= 0.3 is 16.3 Å². The minimum atomic E-state index is -5.77. The Labute approximate surface area is 187 Å². The SMILES string of the molecule is [2H]OC(=O)C(O/N=C(\C(=O)N([2H])[C@]1([2H])C(=O)N(S(=O)(=O)O[2H])[C@@]1([2H])C([2H])([2H])[2H])c1nc(N([2H])[2H])sc1[2H])(C([2H])([2H])[2H])C([2H])([2H])[2H]. The number of hydrogen-bond donors (Lipinski definition) is 4. The number of nitrogens with zero attached hydrogens (tertiary/aromatic N) is 3. The van der Waals surface area contributed by atoms with E-state index in [2.05, 4.69) is 24.6 Å². The number of carbonyl (C=O) groups is 3. The number of rotatable bonds is 9. The van der Waals surface area contributed by atoms with E-state index in [-0.39, 0.29) is 17.1 Å². The van der Waals surface area contributed by atoms with Crippen LogP contribution < -0.4 is 11.0 Å². The van der Waals surface area contributed by atoms with Crippen molar-refractivity contribution in [3.63, 3.8) is 0 Å². The predicted molar refractivity (Wildman–Crippen MR) is 95.7 cm³/mol. The molecule has 1 aromatic heterocycles. The number of nitrogen functional groups attached to an aromatic ring is 1. The van der Waals surface area contributed by atoms with Crippen LogP contribution >= 0.6 is 11.3 Å². The number of amides is 2. The Balaban J connectivity index is 2.93. The van der Waals surface area contributed by atoms with Crippen LogP contribution in [0.1, 0.15) is 42.7 Å². The molecule has 0 saturated carbocycles. The molecule has 2 heterocycles. The Kier molecular flexibility index (Phi) is 2.07. The summed E-state index contributed by atoms with van der Waals surface area (Å²) in [7, 11) is -5.77. The summed E-state index contributed by atoms with van der Waals surface area (Å²) in [4.78, 5) is 46.6. The molecule has 1 aliphatic heterocycles. The Bertz CT molecular complexity index is 1500. The topological polar surface area (TPSA) is 202 Å². The van der Waals surface area contributed by atoms with Gasteiger partial charge in [0.2, 0.25) is 7.03 Å². The van der Waals surface area contributed by atoms with Crippen LogP contribution in [-0.2, 0) is 29.5 Å². The molecule has 154 valence electrons. The fourth-order valence-corrected chi connectivity index (χ4v) is 2.55. The number of oxime groups is 1. The second kappa shape index (κ2) is 7.33. The molecule has 5 N–H and O–H groups in total. The van der Waals surface area contributed by atoms with Crippen molar-refractivity contribution >= 4 is 50.3 Å². The van der Waals surface area contributed by atoms with Crippen molar-refractivity contribution in [2.45, 2.75) is 38.2 Å². The van der Waals surface area contributed by atoms with E-state index >= 15 is 0 Å².